The topological polar surface area (TPSA) is 70.7 Å². The van der Waals surface area contributed by atoms with Gasteiger partial charge >= 0.3 is 0 Å². The summed E-state index contributed by atoms with van der Waals surface area (Å²) in [6.07, 6.45) is 1.71. The summed E-state index contributed by atoms with van der Waals surface area (Å²) in [5.41, 5.74) is 3.28. The maximum Gasteiger partial charge on any atom is 0.255 e. The van der Waals surface area contributed by atoms with Crippen molar-refractivity contribution in [3.05, 3.63) is 33.3 Å². The highest BCUT2D eigenvalue weighted by Gasteiger charge is 2.17. The molecule has 0 saturated carbocycles. The van der Waals surface area contributed by atoms with Crippen molar-refractivity contribution in [1.82, 2.24) is 20.3 Å². The monoisotopic (exact) mass is 220 g/mol. The van der Waals surface area contributed by atoms with Gasteiger partial charge in [0, 0.05) is 19.3 Å². The van der Waals surface area contributed by atoms with Gasteiger partial charge in [0.15, 0.2) is 5.82 Å². The Kier molecular flexibility index (Phi) is 1.90. The Hall–Kier alpha value is -1.53. The van der Waals surface area contributed by atoms with Crippen molar-refractivity contribution < 1.29 is 0 Å². The zero-order chi connectivity index (χ0) is 10.3. The molecule has 0 aliphatic carbocycles. The maximum atomic E-state index is 11.7. The Labute approximate surface area is 89.2 Å². The van der Waals surface area contributed by atoms with E-state index in [0.29, 0.717) is 18.9 Å². The lowest BCUT2D eigenvalue weighted by Gasteiger charge is -1.99. The molecular formula is C9H8N4OS. The third-order valence-electron chi connectivity index (χ3n) is 2.36. The first-order valence-electron chi connectivity index (χ1n) is 4.56. The maximum absolute atomic E-state index is 11.7. The number of nitrogens with one attached hydrogen (secondary N) is 2. The molecule has 1 aliphatic heterocycles. The summed E-state index contributed by atoms with van der Waals surface area (Å²) < 4.78 is 0. The predicted molar refractivity (Wildman–Crippen MR) is 56.5 cm³/mol. The van der Waals surface area contributed by atoms with E-state index >= 15 is 0 Å². The van der Waals surface area contributed by atoms with E-state index in [1.165, 1.54) is 11.3 Å². The summed E-state index contributed by atoms with van der Waals surface area (Å²) in [5.74, 6) is 0.616. The van der Waals surface area contributed by atoms with Crippen LogP contribution in [0.4, 0.5) is 0 Å². The first-order chi connectivity index (χ1) is 7.34. The Morgan fingerprint density at radius 3 is 3.13 bits per heavy atom. The quantitative estimate of drug-likeness (QED) is 0.734. The molecule has 0 bridgehead atoms. The van der Waals surface area contributed by atoms with Gasteiger partial charge in [-0.15, -0.1) is 11.3 Å². The molecule has 3 rings (SSSR count). The van der Waals surface area contributed by atoms with E-state index in [1.54, 1.807) is 11.7 Å². The first-order valence-corrected chi connectivity index (χ1v) is 5.44. The summed E-state index contributed by atoms with van der Waals surface area (Å²) in [4.78, 5) is 23.7. The Balaban J connectivity index is 2.20. The Bertz CT molecular complexity index is 546. The summed E-state index contributed by atoms with van der Waals surface area (Å²) >= 11 is 1.47. The van der Waals surface area contributed by atoms with E-state index in [-0.39, 0.29) is 5.56 Å². The Morgan fingerprint density at radius 1 is 1.40 bits per heavy atom. The fourth-order valence-electron chi connectivity index (χ4n) is 1.63. The van der Waals surface area contributed by atoms with E-state index in [0.717, 1.165) is 16.1 Å². The minimum atomic E-state index is -0.0478. The molecule has 1 aliphatic rings. The van der Waals surface area contributed by atoms with Crippen LogP contribution in [0, 0.1) is 0 Å². The van der Waals surface area contributed by atoms with Gasteiger partial charge in [0.25, 0.3) is 5.56 Å². The molecule has 3 heterocycles. The smallest absolute Gasteiger partial charge is 0.255 e. The lowest BCUT2D eigenvalue weighted by molar-refractivity contribution is 0.757. The SMILES string of the molecule is O=c1[nH]c(-c2cncs2)nc2c1CNC2. The molecule has 0 saturated heterocycles. The molecule has 0 spiro atoms. The number of fused-ring (bicyclic) bond motifs is 1. The van der Waals surface area contributed by atoms with E-state index in [9.17, 15) is 4.79 Å². The van der Waals surface area contributed by atoms with Crippen molar-refractivity contribution in [2.24, 2.45) is 0 Å². The molecular weight excluding hydrogens is 212 g/mol. The minimum absolute atomic E-state index is 0.0478. The summed E-state index contributed by atoms with van der Waals surface area (Å²) in [6, 6.07) is 0. The molecule has 0 aromatic carbocycles. The molecule has 6 heteroatoms. The molecule has 2 aromatic heterocycles. The van der Waals surface area contributed by atoms with Crippen molar-refractivity contribution in [3.63, 3.8) is 0 Å². The summed E-state index contributed by atoms with van der Waals surface area (Å²) in [7, 11) is 0. The van der Waals surface area contributed by atoms with Gasteiger partial charge in [-0.25, -0.2) is 4.98 Å². The average molecular weight is 220 g/mol. The molecule has 0 fully saturated rings. The van der Waals surface area contributed by atoms with Crippen molar-refractivity contribution in [2.75, 3.05) is 0 Å². The molecule has 2 N–H and O–H groups in total. The second kappa shape index (κ2) is 3.25. The van der Waals surface area contributed by atoms with Crippen molar-refractivity contribution >= 4 is 11.3 Å². The molecule has 15 heavy (non-hydrogen) atoms. The normalized spacial score (nSPS) is 14.1. The molecule has 0 radical (unpaired) electrons. The molecule has 5 nitrogen and oxygen atoms in total. The van der Waals surface area contributed by atoms with Gasteiger partial charge < -0.3 is 10.3 Å². The van der Waals surface area contributed by atoms with Crippen molar-refractivity contribution in [3.8, 4) is 10.7 Å². The number of nitrogens with zero attached hydrogens (tertiary/aromatic N) is 2. The van der Waals surface area contributed by atoms with Gasteiger partial charge in [-0.05, 0) is 0 Å². The zero-order valence-electron chi connectivity index (χ0n) is 7.78. The van der Waals surface area contributed by atoms with Gasteiger partial charge in [-0.2, -0.15) is 0 Å². The molecule has 76 valence electrons. The number of rotatable bonds is 1. The van der Waals surface area contributed by atoms with Gasteiger partial charge in [-0.3, -0.25) is 9.78 Å². The van der Waals surface area contributed by atoms with Crippen LogP contribution < -0.4 is 10.9 Å². The van der Waals surface area contributed by atoms with Crippen LogP contribution in [0.15, 0.2) is 16.5 Å². The van der Waals surface area contributed by atoms with Crippen LogP contribution in [0.5, 0.6) is 0 Å². The number of aromatic nitrogens is 3. The zero-order valence-corrected chi connectivity index (χ0v) is 8.60. The number of H-pyrrole nitrogens is 1. The van der Waals surface area contributed by atoms with Gasteiger partial charge in [-0.1, -0.05) is 0 Å². The van der Waals surface area contributed by atoms with E-state index in [2.05, 4.69) is 20.3 Å². The van der Waals surface area contributed by atoms with E-state index in [4.69, 9.17) is 0 Å². The number of hydrogen-bond donors (Lipinski definition) is 2. The van der Waals surface area contributed by atoms with Crippen LogP contribution in [0.25, 0.3) is 10.7 Å². The van der Waals surface area contributed by atoms with E-state index < -0.39 is 0 Å². The van der Waals surface area contributed by atoms with Crippen LogP contribution in [0.1, 0.15) is 11.3 Å². The standard InChI is InChI=1S/C9H8N4OS/c14-9-5-1-10-2-6(5)12-8(13-9)7-3-11-4-15-7/h3-4,10H,1-2H2,(H,12,13,14). The lowest BCUT2D eigenvalue weighted by Crippen LogP contribution is -2.15. The second-order valence-corrected chi connectivity index (χ2v) is 4.20. The highest BCUT2D eigenvalue weighted by Crippen LogP contribution is 2.19. The summed E-state index contributed by atoms with van der Waals surface area (Å²) in [5, 5.41) is 3.11. The lowest BCUT2D eigenvalue weighted by atomic mass is 10.2. The van der Waals surface area contributed by atoms with Crippen LogP contribution >= 0.6 is 11.3 Å². The third kappa shape index (κ3) is 1.38. The van der Waals surface area contributed by atoms with Crippen LogP contribution in [0.2, 0.25) is 0 Å². The van der Waals surface area contributed by atoms with Gasteiger partial charge in [0.1, 0.15) is 0 Å². The number of thiazole rings is 1. The highest BCUT2D eigenvalue weighted by atomic mass is 32.1. The largest absolute Gasteiger partial charge is 0.307 e. The second-order valence-electron chi connectivity index (χ2n) is 3.31. The van der Waals surface area contributed by atoms with Gasteiger partial charge in [0.05, 0.1) is 21.6 Å². The molecule has 0 amide bonds. The molecule has 0 unspecified atom stereocenters. The van der Waals surface area contributed by atoms with Crippen LogP contribution in [-0.4, -0.2) is 15.0 Å². The predicted octanol–water partition coefficient (Wildman–Crippen LogP) is 0.497. The third-order valence-corrected chi connectivity index (χ3v) is 3.14. The fourth-order valence-corrected chi connectivity index (χ4v) is 2.19. The molecule has 0 atom stereocenters. The van der Waals surface area contributed by atoms with Crippen LogP contribution in [-0.2, 0) is 13.1 Å². The fraction of sp³-hybridized carbons (Fsp3) is 0.222. The number of aromatic amines is 1. The summed E-state index contributed by atoms with van der Waals surface area (Å²) in [6.45, 7) is 1.28. The first kappa shape index (κ1) is 8.75. The Morgan fingerprint density at radius 2 is 2.33 bits per heavy atom. The van der Waals surface area contributed by atoms with Gasteiger partial charge in [0.2, 0.25) is 0 Å². The van der Waals surface area contributed by atoms with Crippen LogP contribution in [0.3, 0.4) is 0 Å². The molecule has 2 aromatic rings. The van der Waals surface area contributed by atoms with Crippen molar-refractivity contribution in [2.45, 2.75) is 13.1 Å². The average Bonchev–Trinajstić information content (AvgIpc) is 2.88. The number of hydrogen-bond acceptors (Lipinski definition) is 5. The highest BCUT2D eigenvalue weighted by molar-refractivity contribution is 7.13. The van der Waals surface area contributed by atoms with E-state index in [1.807, 2.05) is 0 Å². The minimum Gasteiger partial charge on any atom is -0.307 e. The van der Waals surface area contributed by atoms with Crippen molar-refractivity contribution in [1.29, 1.82) is 0 Å².